The minimum atomic E-state index is 0.181. The molecule has 0 bridgehead atoms. The maximum Gasteiger partial charge on any atom is 0.270 e. The molecule has 0 radical (unpaired) electrons. The molecule has 0 saturated carbocycles. The number of aryl methyl sites for hydroxylation is 2. The van der Waals surface area contributed by atoms with E-state index >= 15 is 0 Å². The van der Waals surface area contributed by atoms with Gasteiger partial charge < -0.3 is 19.5 Å². The fourth-order valence-corrected chi connectivity index (χ4v) is 5.05. The number of aromatic amines is 1. The van der Waals surface area contributed by atoms with Crippen LogP contribution >= 0.6 is 0 Å². The first-order valence-corrected chi connectivity index (χ1v) is 11.4. The third kappa shape index (κ3) is 5.83. The molecular formula is C23H40N4O2. The van der Waals surface area contributed by atoms with E-state index in [0.29, 0.717) is 12.0 Å². The zero-order valence-electron chi connectivity index (χ0n) is 18.9. The van der Waals surface area contributed by atoms with Crippen LogP contribution in [0.25, 0.3) is 0 Å². The molecule has 1 aromatic heterocycles. The normalized spacial score (nSPS) is 21.7. The van der Waals surface area contributed by atoms with Gasteiger partial charge in [-0.1, -0.05) is 6.92 Å². The number of carbonyl (C=O) groups excluding carboxylic acids is 1. The number of hydrogen-bond acceptors (Lipinski definition) is 4. The van der Waals surface area contributed by atoms with Gasteiger partial charge in [-0.3, -0.25) is 9.69 Å². The standard InChI is InChI=1S/C23H40N4O2/c1-5-26-10-6-7-21(26)17-27(23(28)22-18(2)15-19(3)24-22)16-20-8-11-25(12-9-20)13-14-29-4/h15,20-21,24H,5-14,16-17H2,1-4H3/t21-/m0/s1. The van der Waals surface area contributed by atoms with Crippen LogP contribution in [0, 0.1) is 19.8 Å². The average molecular weight is 405 g/mol. The van der Waals surface area contributed by atoms with Crippen molar-refractivity contribution in [3.63, 3.8) is 0 Å². The van der Waals surface area contributed by atoms with E-state index in [1.165, 1.54) is 32.2 Å². The predicted molar refractivity (Wildman–Crippen MR) is 117 cm³/mol. The van der Waals surface area contributed by atoms with Crippen molar-refractivity contribution in [3.8, 4) is 0 Å². The molecule has 1 N–H and O–H groups in total. The zero-order valence-corrected chi connectivity index (χ0v) is 18.9. The number of likely N-dealkylation sites (tertiary alicyclic amines) is 2. The van der Waals surface area contributed by atoms with Crippen LogP contribution in [0.3, 0.4) is 0 Å². The molecule has 3 heterocycles. The molecule has 2 aliphatic heterocycles. The average Bonchev–Trinajstić information content (AvgIpc) is 3.31. The highest BCUT2D eigenvalue weighted by molar-refractivity contribution is 5.94. The van der Waals surface area contributed by atoms with Gasteiger partial charge in [0.05, 0.1) is 6.61 Å². The van der Waals surface area contributed by atoms with E-state index in [0.717, 1.165) is 62.8 Å². The zero-order chi connectivity index (χ0) is 20.8. The second-order valence-electron chi connectivity index (χ2n) is 8.92. The van der Waals surface area contributed by atoms with E-state index in [2.05, 4.69) is 32.7 Å². The van der Waals surface area contributed by atoms with Gasteiger partial charge in [0.25, 0.3) is 5.91 Å². The Morgan fingerprint density at radius 3 is 2.59 bits per heavy atom. The number of nitrogens with zero attached hydrogens (tertiary/aromatic N) is 3. The lowest BCUT2D eigenvalue weighted by molar-refractivity contribution is 0.0611. The number of nitrogens with one attached hydrogen (secondary N) is 1. The van der Waals surface area contributed by atoms with Crippen LogP contribution in [0.4, 0.5) is 0 Å². The van der Waals surface area contributed by atoms with Crippen molar-refractivity contribution in [1.82, 2.24) is 19.7 Å². The van der Waals surface area contributed by atoms with Gasteiger partial charge in [-0.15, -0.1) is 0 Å². The Hall–Kier alpha value is -1.37. The SMILES string of the molecule is CCN1CCC[C@H]1CN(CC1CCN(CCOC)CC1)C(=O)c1[nH]c(C)cc1C. The number of hydrogen-bond donors (Lipinski definition) is 1. The quantitative estimate of drug-likeness (QED) is 0.688. The van der Waals surface area contributed by atoms with Gasteiger partial charge in [-0.05, 0) is 83.3 Å². The van der Waals surface area contributed by atoms with Gasteiger partial charge in [0, 0.05) is 38.5 Å². The fourth-order valence-electron chi connectivity index (χ4n) is 5.05. The van der Waals surface area contributed by atoms with Crippen molar-refractivity contribution in [1.29, 1.82) is 0 Å². The molecule has 164 valence electrons. The second-order valence-corrected chi connectivity index (χ2v) is 8.92. The summed E-state index contributed by atoms with van der Waals surface area (Å²) in [5.41, 5.74) is 2.90. The maximum atomic E-state index is 13.5. The van der Waals surface area contributed by atoms with Crippen LogP contribution in [0.15, 0.2) is 6.07 Å². The number of ether oxygens (including phenoxy) is 1. The molecule has 2 fully saturated rings. The molecule has 6 nitrogen and oxygen atoms in total. The molecule has 2 aliphatic rings. The lowest BCUT2D eigenvalue weighted by Gasteiger charge is -2.36. The van der Waals surface area contributed by atoms with Crippen molar-refractivity contribution in [2.24, 2.45) is 5.92 Å². The molecular weight excluding hydrogens is 364 g/mol. The first kappa shape index (κ1) is 22.3. The summed E-state index contributed by atoms with van der Waals surface area (Å²) >= 11 is 0. The molecule has 2 saturated heterocycles. The Bertz CT molecular complexity index is 651. The minimum absolute atomic E-state index is 0.181. The van der Waals surface area contributed by atoms with Gasteiger partial charge in [0.15, 0.2) is 0 Å². The highest BCUT2D eigenvalue weighted by Gasteiger charge is 2.31. The number of H-pyrrole nitrogens is 1. The van der Waals surface area contributed by atoms with Crippen LogP contribution in [-0.2, 0) is 4.74 Å². The summed E-state index contributed by atoms with van der Waals surface area (Å²) in [6, 6.07) is 2.58. The van der Waals surface area contributed by atoms with Gasteiger partial charge in [-0.2, -0.15) is 0 Å². The van der Waals surface area contributed by atoms with Crippen LogP contribution in [0.2, 0.25) is 0 Å². The molecule has 0 aliphatic carbocycles. The van der Waals surface area contributed by atoms with E-state index < -0.39 is 0 Å². The first-order chi connectivity index (χ1) is 14.0. The van der Waals surface area contributed by atoms with Gasteiger partial charge in [0.2, 0.25) is 0 Å². The molecule has 29 heavy (non-hydrogen) atoms. The number of carbonyl (C=O) groups is 1. The van der Waals surface area contributed by atoms with Crippen molar-refractivity contribution < 1.29 is 9.53 Å². The van der Waals surface area contributed by atoms with Crippen molar-refractivity contribution in [3.05, 3.63) is 23.0 Å². The summed E-state index contributed by atoms with van der Waals surface area (Å²) in [6.07, 6.45) is 4.78. The number of likely N-dealkylation sites (N-methyl/N-ethyl adjacent to an activating group) is 1. The number of amides is 1. The fraction of sp³-hybridized carbons (Fsp3) is 0.783. The molecule has 3 rings (SSSR count). The maximum absolute atomic E-state index is 13.5. The molecule has 0 spiro atoms. The number of piperidine rings is 1. The smallest absolute Gasteiger partial charge is 0.270 e. The Kier molecular flexibility index (Phi) is 8.16. The predicted octanol–water partition coefficient (Wildman–Crippen LogP) is 2.92. The summed E-state index contributed by atoms with van der Waals surface area (Å²) in [7, 11) is 1.77. The Balaban J connectivity index is 1.66. The van der Waals surface area contributed by atoms with E-state index in [1.807, 2.05) is 13.8 Å². The van der Waals surface area contributed by atoms with Crippen LogP contribution < -0.4 is 0 Å². The lowest BCUT2D eigenvalue weighted by Crippen LogP contribution is -2.47. The molecule has 1 amide bonds. The Labute approximate surface area is 176 Å². The van der Waals surface area contributed by atoms with Crippen LogP contribution in [0.1, 0.15) is 54.4 Å². The summed E-state index contributed by atoms with van der Waals surface area (Å²) in [4.78, 5) is 24.0. The highest BCUT2D eigenvalue weighted by Crippen LogP contribution is 2.23. The third-order valence-corrected chi connectivity index (χ3v) is 6.78. The molecule has 6 heteroatoms. The first-order valence-electron chi connectivity index (χ1n) is 11.4. The number of aromatic nitrogens is 1. The minimum Gasteiger partial charge on any atom is -0.383 e. The second kappa shape index (κ2) is 10.6. The van der Waals surface area contributed by atoms with E-state index in [1.54, 1.807) is 7.11 Å². The van der Waals surface area contributed by atoms with E-state index in [4.69, 9.17) is 4.74 Å². The summed E-state index contributed by atoms with van der Waals surface area (Å²) in [5, 5.41) is 0. The number of methoxy groups -OCH3 is 1. The summed E-state index contributed by atoms with van der Waals surface area (Å²) in [6.45, 7) is 14.3. The van der Waals surface area contributed by atoms with E-state index in [-0.39, 0.29) is 5.91 Å². The largest absolute Gasteiger partial charge is 0.383 e. The van der Waals surface area contributed by atoms with Crippen molar-refractivity contribution in [2.75, 3.05) is 59.5 Å². The molecule has 0 unspecified atom stereocenters. The summed E-state index contributed by atoms with van der Waals surface area (Å²) in [5.74, 6) is 0.769. The monoisotopic (exact) mass is 404 g/mol. The lowest BCUT2D eigenvalue weighted by atomic mass is 9.95. The van der Waals surface area contributed by atoms with Crippen molar-refractivity contribution in [2.45, 2.75) is 52.5 Å². The van der Waals surface area contributed by atoms with Gasteiger partial charge >= 0.3 is 0 Å². The molecule has 0 aromatic carbocycles. The van der Waals surface area contributed by atoms with Gasteiger partial charge in [-0.25, -0.2) is 0 Å². The summed E-state index contributed by atoms with van der Waals surface area (Å²) < 4.78 is 5.22. The third-order valence-electron chi connectivity index (χ3n) is 6.78. The van der Waals surface area contributed by atoms with Crippen LogP contribution in [0.5, 0.6) is 0 Å². The Morgan fingerprint density at radius 1 is 1.21 bits per heavy atom. The highest BCUT2D eigenvalue weighted by atomic mass is 16.5. The topological polar surface area (TPSA) is 51.8 Å². The van der Waals surface area contributed by atoms with Crippen LogP contribution in [-0.4, -0.2) is 91.2 Å². The van der Waals surface area contributed by atoms with Crippen molar-refractivity contribution >= 4 is 5.91 Å². The molecule has 1 atom stereocenters. The van der Waals surface area contributed by atoms with E-state index in [9.17, 15) is 4.79 Å². The Morgan fingerprint density at radius 2 is 1.97 bits per heavy atom. The molecule has 1 aromatic rings. The van der Waals surface area contributed by atoms with Gasteiger partial charge in [0.1, 0.15) is 5.69 Å². The number of rotatable bonds is 9.